The molecule has 0 saturated carbocycles. The normalized spacial score (nSPS) is 12.6. The Kier molecular flexibility index (Phi) is 3.09. The molecule has 90 valence electrons. The predicted octanol–water partition coefficient (Wildman–Crippen LogP) is 0.713. The SMILES string of the molecule is COc1cccc2c(=O)n(C(C)C(=O)O)[se]c12. The second-order valence-corrected chi connectivity index (χ2v) is 5.64. The van der Waals surface area contributed by atoms with Crippen molar-refractivity contribution in [3.8, 4) is 5.75 Å². The van der Waals surface area contributed by atoms with Crippen LogP contribution in [-0.2, 0) is 4.79 Å². The maximum absolute atomic E-state index is 12.0. The van der Waals surface area contributed by atoms with Gasteiger partial charge in [-0.05, 0) is 0 Å². The summed E-state index contributed by atoms with van der Waals surface area (Å²) in [5, 5.41) is 9.50. The number of fused-ring (bicyclic) bond motifs is 1. The van der Waals surface area contributed by atoms with E-state index in [2.05, 4.69) is 0 Å². The number of rotatable bonds is 3. The van der Waals surface area contributed by atoms with Gasteiger partial charge in [-0.2, -0.15) is 0 Å². The van der Waals surface area contributed by atoms with Crippen molar-refractivity contribution in [3.63, 3.8) is 0 Å². The molecular weight excluding hydrogens is 289 g/mol. The molecule has 0 aliphatic carbocycles. The zero-order valence-corrected chi connectivity index (χ0v) is 11.0. The summed E-state index contributed by atoms with van der Waals surface area (Å²) in [4.78, 5) is 23.0. The quantitative estimate of drug-likeness (QED) is 0.848. The van der Waals surface area contributed by atoms with Gasteiger partial charge in [-0.25, -0.2) is 0 Å². The first kappa shape index (κ1) is 12.0. The van der Waals surface area contributed by atoms with Crippen LogP contribution < -0.4 is 10.3 Å². The van der Waals surface area contributed by atoms with Crippen LogP contribution in [0.15, 0.2) is 23.0 Å². The molecule has 0 spiro atoms. The summed E-state index contributed by atoms with van der Waals surface area (Å²) in [7, 11) is 1.54. The predicted molar refractivity (Wildman–Crippen MR) is 64.0 cm³/mol. The summed E-state index contributed by atoms with van der Waals surface area (Å²) in [5.41, 5.74) is -0.228. The van der Waals surface area contributed by atoms with E-state index in [1.165, 1.54) is 10.5 Å². The van der Waals surface area contributed by atoms with E-state index in [4.69, 9.17) is 9.84 Å². The standard InChI is InChI=1S/C11H11NO4Se/c1-6(11(14)15)12-10(13)7-4-3-5-8(16-2)9(7)17-12/h3-6H,1-2H3,(H,14,15). The molecule has 1 atom stereocenters. The van der Waals surface area contributed by atoms with Gasteiger partial charge in [0.05, 0.1) is 0 Å². The second-order valence-electron chi connectivity index (χ2n) is 3.57. The van der Waals surface area contributed by atoms with E-state index in [-0.39, 0.29) is 20.3 Å². The summed E-state index contributed by atoms with van der Waals surface area (Å²) in [6.45, 7) is 1.51. The first-order valence-electron chi connectivity index (χ1n) is 4.97. The van der Waals surface area contributed by atoms with Gasteiger partial charge in [0, 0.05) is 0 Å². The molecule has 2 rings (SSSR count). The number of carbonyl (C=O) groups is 1. The first-order chi connectivity index (χ1) is 8.06. The van der Waals surface area contributed by atoms with Crippen molar-refractivity contribution < 1.29 is 14.6 Å². The number of benzene rings is 1. The first-order valence-corrected chi connectivity index (χ1v) is 6.60. The third-order valence-corrected chi connectivity index (χ3v) is 5.22. The van der Waals surface area contributed by atoms with Crippen molar-refractivity contribution in [1.82, 2.24) is 3.56 Å². The summed E-state index contributed by atoms with van der Waals surface area (Å²) in [5.74, 6) is -0.345. The Bertz CT molecular complexity index is 628. The number of aromatic nitrogens is 1. The molecule has 0 radical (unpaired) electrons. The number of aliphatic carboxylic acids is 1. The van der Waals surface area contributed by atoms with Crippen LogP contribution in [-0.4, -0.2) is 36.5 Å². The van der Waals surface area contributed by atoms with Crippen LogP contribution in [0, 0.1) is 0 Å². The van der Waals surface area contributed by atoms with Crippen molar-refractivity contribution >= 4 is 30.3 Å². The Morgan fingerprint density at radius 3 is 2.82 bits per heavy atom. The average Bonchev–Trinajstić information content (AvgIpc) is 2.66. The van der Waals surface area contributed by atoms with E-state index >= 15 is 0 Å². The Balaban J connectivity index is 2.73. The zero-order chi connectivity index (χ0) is 12.6. The summed E-state index contributed by atoms with van der Waals surface area (Å²) in [6.07, 6.45) is 0. The number of carboxylic acids is 1. The fraction of sp³-hybridized carbons (Fsp3) is 0.273. The summed E-state index contributed by atoms with van der Waals surface area (Å²) in [6, 6.07) is 4.42. The number of nitrogens with zero attached hydrogens (tertiary/aromatic N) is 1. The Hall–Kier alpha value is -1.52. The Morgan fingerprint density at radius 1 is 1.53 bits per heavy atom. The molecule has 5 nitrogen and oxygen atoms in total. The molecule has 17 heavy (non-hydrogen) atoms. The van der Waals surface area contributed by atoms with Crippen LogP contribution in [0.1, 0.15) is 13.0 Å². The van der Waals surface area contributed by atoms with Crippen LogP contribution in [0.3, 0.4) is 0 Å². The molecule has 1 unspecified atom stereocenters. The van der Waals surface area contributed by atoms with Gasteiger partial charge >= 0.3 is 103 Å². The van der Waals surface area contributed by atoms with Gasteiger partial charge in [-0.1, -0.05) is 0 Å². The van der Waals surface area contributed by atoms with Crippen LogP contribution in [0.5, 0.6) is 5.75 Å². The van der Waals surface area contributed by atoms with E-state index < -0.39 is 12.0 Å². The van der Waals surface area contributed by atoms with E-state index in [0.29, 0.717) is 11.1 Å². The molecule has 1 aromatic carbocycles. The van der Waals surface area contributed by atoms with E-state index in [9.17, 15) is 9.59 Å². The third-order valence-electron chi connectivity index (χ3n) is 2.53. The van der Waals surface area contributed by atoms with Crippen LogP contribution >= 0.6 is 0 Å². The molecule has 0 saturated heterocycles. The van der Waals surface area contributed by atoms with Crippen LogP contribution in [0.2, 0.25) is 0 Å². The van der Waals surface area contributed by atoms with Gasteiger partial charge in [0.2, 0.25) is 0 Å². The van der Waals surface area contributed by atoms with Crippen molar-refractivity contribution in [2.75, 3.05) is 7.11 Å². The number of hydrogen-bond donors (Lipinski definition) is 1. The monoisotopic (exact) mass is 301 g/mol. The van der Waals surface area contributed by atoms with Crippen LogP contribution in [0.25, 0.3) is 9.65 Å². The fourth-order valence-corrected chi connectivity index (χ4v) is 3.91. The molecule has 0 fully saturated rings. The molecule has 0 amide bonds. The zero-order valence-electron chi connectivity index (χ0n) is 9.34. The summed E-state index contributed by atoms with van der Waals surface area (Å²) >= 11 is -0.336. The maximum atomic E-state index is 12.0. The topological polar surface area (TPSA) is 68.5 Å². The van der Waals surface area contributed by atoms with Gasteiger partial charge in [0.25, 0.3) is 0 Å². The number of methoxy groups -OCH3 is 1. The molecule has 0 aliphatic rings. The molecular formula is C11H11NO4Se. The van der Waals surface area contributed by atoms with Crippen LogP contribution in [0.4, 0.5) is 0 Å². The molecule has 6 heteroatoms. The minimum atomic E-state index is -0.994. The van der Waals surface area contributed by atoms with Crippen molar-refractivity contribution in [3.05, 3.63) is 28.6 Å². The second kappa shape index (κ2) is 4.39. The van der Waals surface area contributed by atoms with Gasteiger partial charge in [-0.15, -0.1) is 0 Å². The molecule has 1 aromatic heterocycles. The number of carboxylic acid groups (broad SMARTS) is 1. The summed E-state index contributed by atoms with van der Waals surface area (Å²) < 4.78 is 7.39. The fourth-order valence-electron chi connectivity index (χ4n) is 1.55. The van der Waals surface area contributed by atoms with Gasteiger partial charge in [0.15, 0.2) is 0 Å². The molecule has 2 aromatic rings. The minimum absolute atomic E-state index is 0.228. The van der Waals surface area contributed by atoms with Gasteiger partial charge in [0.1, 0.15) is 0 Å². The molecule has 0 bridgehead atoms. The van der Waals surface area contributed by atoms with Crippen molar-refractivity contribution in [1.29, 1.82) is 0 Å². The molecule has 1 N–H and O–H groups in total. The van der Waals surface area contributed by atoms with E-state index in [1.54, 1.807) is 25.3 Å². The third kappa shape index (κ3) is 1.90. The van der Waals surface area contributed by atoms with Crippen molar-refractivity contribution in [2.24, 2.45) is 0 Å². The van der Waals surface area contributed by atoms with Crippen molar-refractivity contribution in [2.45, 2.75) is 13.0 Å². The number of ether oxygens (including phenoxy) is 1. The van der Waals surface area contributed by atoms with Gasteiger partial charge < -0.3 is 0 Å². The number of hydrogen-bond acceptors (Lipinski definition) is 3. The van der Waals surface area contributed by atoms with Gasteiger partial charge in [-0.3, -0.25) is 0 Å². The molecule has 0 aliphatic heterocycles. The van der Waals surface area contributed by atoms with E-state index in [0.717, 1.165) is 4.26 Å². The average molecular weight is 300 g/mol. The Labute approximate surface area is 103 Å². The Morgan fingerprint density at radius 2 is 2.24 bits per heavy atom. The molecule has 1 heterocycles. The van der Waals surface area contributed by atoms with E-state index in [1.807, 2.05) is 0 Å².